The molecule has 1 aliphatic heterocycles. The van der Waals surface area contributed by atoms with Crippen LogP contribution in [0.25, 0.3) is 11.0 Å². The van der Waals surface area contributed by atoms with Crippen LogP contribution in [0.2, 0.25) is 0 Å². The molecular weight excluding hydrogens is 491 g/mol. The molecule has 3 heterocycles. The average Bonchev–Trinajstić information content (AvgIpc) is 3.31. The largest absolute Gasteiger partial charge is 0.694 e. The van der Waals surface area contributed by atoms with Crippen LogP contribution in [0.1, 0.15) is 29.5 Å². The van der Waals surface area contributed by atoms with E-state index in [0.29, 0.717) is 15.9 Å². The molecule has 4 rings (SSSR count). The summed E-state index contributed by atoms with van der Waals surface area (Å²) in [5.74, 6) is -3.26. The number of anilines is 1. The van der Waals surface area contributed by atoms with Crippen LogP contribution in [0.3, 0.4) is 0 Å². The smallest absolute Gasteiger partial charge is 0.457 e. The summed E-state index contributed by atoms with van der Waals surface area (Å²) in [5, 5.41) is 3.12. The Hall–Kier alpha value is -3.25. The maximum absolute atomic E-state index is 14.3. The summed E-state index contributed by atoms with van der Waals surface area (Å²) in [7, 11) is -2.98. The topological polar surface area (TPSA) is 142 Å². The van der Waals surface area contributed by atoms with Crippen LogP contribution < -0.4 is 11.0 Å². The summed E-state index contributed by atoms with van der Waals surface area (Å²) in [6.07, 6.45) is -3.95. The molecule has 0 radical (unpaired) electrons. The van der Waals surface area contributed by atoms with Crippen LogP contribution in [-0.2, 0) is 25.2 Å². The lowest BCUT2D eigenvalue weighted by molar-refractivity contribution is -0.119. The van der Waals surface area contributed by atoms with Crippen LogP contribution in [0.15, 0.2) is 39.7 Å². The molecule has 3 atom stereocenters. The van der Waals surface area contributed by atoms with E-state index in [1.165, 1.54) is 0 Å². The molecule has 3 unspecified atom stereocenters. The highest BCUT2D eigenvalue weighted by molar-refractivity contribution is 7.32. The van der Waals surface area contributed by atoms with Crippen LogP contribution in [0.5, 0.6) is 0 Å². The first-order valence-electron chi connectivity index (χ1n) is 10.4. The summed E-state index contributed by atoms with van der Waals surface area (Å²) in [6, 6.07) is 6.79. The third-order valence-electron chi connectivity index (χ3n) is 5.21. The number of hydrogen-bond donors (Lipinski definition) is 2. The zero-order valence-electron chi connectivity index (χ0n) is 18.6. The summed E-state index contributed by atoms with van der Waals surface area (Å²) >= 11 is 0. The summed E-state index contributed by atoms with van der Waals surface area (Å²) in [6.45, 7) is 3.14. The second-order valence-electron chi connectivity index (χ2n) is 8.03. The number of amides is 1. The fourth-order valence-electron chi connectivity index (χ4n) is 3.83. The molecule has 1 amide bonds. The number of furan rings is 1. The van der Waals surface area contributed by atoms with Gasteiger partial charge < -0.3 is 13.9 Å². The molecule has 14 heteroatoms. The first kappa shape index (κ1) is 24.9. The molecule has 2 N–H and O–H groups in total. The van der Waals surface area contributed by atoms with Crippen molar-refractivity contribution in [1.29, 1.82) is 0 Å². The lowest BCUT2D eigenvalue weighted by atomic mass is 10.1. The van der Waals surface area contributed by atoms with Crippen molar-refractivity contribution >= 4 is 31.1 Å². The van der Waals surface area contributed by atoms with Crippen molar-refractivity contribution < 1.29 is 41.4 Å². The van der Waals surface area contributed by atoms with Gasteiger partial charge in [-0.05, 0) is 37.6 Å². The number of fused-ring (bicyclic) bond motifs is 1. The number of nitrogens with zero attached hydrogens (tertiary/aromatic N) is 2. The number of benzene rings is 1. The van der Waals surface area contributed by atoms with E-state index < -0.39 is 51.3 Å². The van der Waals surface area contributed by atoms with Gasteiger partial charge in [0.15, 0.2) is 6.61 Å². The molecule has 35 heavy (non-hydrogen) atoms. The lowest BCUT2D eigenvalue weighted by Gasteiger charge is -2.19. The van der Waals surface area contributed by atoms with Crippen molar-refractivity contribution in [1.82, 2.24) is 9.55 Å². The van der Waals surface area contributed by atoms with Gasteiger partial charge in [-0.15, -0.1) is 9.42 Å². The average molecular weight is 512 g/mol. The van der Waals surface area contributed by atoms with E-state index >= 15 is 0 Å². The normalized spacial score (nSPS) is 19.6. The fraction of sp³-hybridized carbons (Fsp3) is 0.381. The molecule has 3 aromatic rings. The summed E-state index contributed by atoms with van der Waals surface area (Å²) < 4.78 is 60.2. The molecule has 186 valence electrons. The maximum Gasteiger partial charge on any atom is 0.694 e. The standard InChI is InChI=1S/C21H20F2N3O8P/c1-11-5-12(2)17-13(6-11)7-14(33-17)9-31-20(28)25-16-3-4-26(19(27)24-16)18-21(22,23)8-15(34-18)10-32-35(29)30/h3-7,15,18H,8-10H2,1-2H3,(H-,24,25,27,28,29,30)/p+1. The molecule has 2 aromatic heterocycles. The van der Waals surface area contributed by atoms with Gasteiger partial charge in [-0.1, -0.05) is 11.6 Å². The van der Waals surface area contributed by atoms with Gasteiger partial charge >= 0.3 is 20.0 Å². The van der Waals surface area contributed by atoms with E-state index in [0.717, 1.165) is 28.8 Å². The minimum absolute atomic E-state index is 0.180. The maximum atomic E-state index is 14.3. The predicted molar refractivity (Wildman–Crippen MR) is 117 cm³/mol. The van der Waals surface area contributed by atoms with E-state index in [1.807, 2.05) is 26.0 Å². The quantitative estimate of drug-likeness (QED) is 0.450. The number of alkyl halides is 2. The Morgan fingerprint density at radius 3 is 2.86 bits per heavy atom. The Morgan fingerprint density at radius 2 is 2.14 bits per heavy atom. The highest BCUT2D eigenvalue weighted by Crippen LogP contribution is 2.42. The Morgan fingerprint density at radius 1 is 1.37 bits per heavy atom. The zero-order valence-corrected chi connectivity index (χ0v) is 19.5. The predicted octanol–water partition coefficient (Wildman–Crippen LogP) is 3.94. The lowest BCUT2D eigenvalue weighted by Crippen LogP contribution is -2.35. The van der Waals surface area contributed by atoms with E-state index in [4.69, 9.17) is 18.8 Å². The van der Waals surface area contributed by atoms with Crippen LogP contribution >= 0.6 is 8.25 Å². The molecule has 1 saturated heterocycles. The minimum Gasteiger partial charge on any atom is -0.457 e. The summed E-state index contributed by atoms with van der Waals surface area (Å²) in [5.41, 5.74) is 1.59. The van der Waals surface area contributed by atoms with Gasteiger partial charge in [0.2, 0.25) is 6.23 Å². The number of carbonyl (C=O) groups excluding carboxylic acids is 1. The van der Waals surface area contributed by atoms with Gasteiger partial charge in [0, 0.05) is 22.6 Å². The Balaban J connectivity index is 1.38. The van der Waals surface area contributed by atoms with E-state index in [1.54, 1.807) is 6.07 Å². The van der Waals surface area contributed by atoms with E-state index in [-0.39, 0.29) is 12.4 Å². The molecule has 1 fully saturated rings. The molecule has 0 spiro atoms. The number of carbonyl (C=O) groups is 1. The van der Waals surface area contributed by atoms with Crippen LogP contribution in [0.4, 0.5) is 19.4 Å². The number of hydrogen-bond acceptors (Lipinski definition) is 8. The van der Waals surface area contributed by atoms with Crippen molar-refractivity contribution in [3.8, 4) is 0 Å². The number of ether oxygens (including phenoxy) is 2. The van der Waals surface area contributed by atoms with Crippen molar-refractivity contribution in [2.24, 2.45) is 0 Å². The number of aryl methyl sites for hydroxylation is 2. The molecular formula is C21H21F2N3O8P+. The highest BCUT2D eigenvalue weighted by Gasteiger charge is 2.52. The van der Waals surface area contributed by atoms with E-state index in [2.05, 4.69) is 14.8 Å². The highest BCUT2D eigenvalue weighted by atomic mass is 31.1. The fourth-order valence-corrected chi connectivity index (χ4v) is 4.12. The molecule has 0 saturated carbocycles. The monoisotopic (exact) mass is 512 g/mol. The third kappa shape index (κ3) is 5.70. The number of nitrogens with one attached hydrogen (secondary N) is 1. The number of halogens is 2. The van der Waals surface area contributed by atoms with Crippen molar-refractivity contribution in [3.05, 3.63) is 57.8 Å². The SMILES string of the molecule is Cc1cc(C)c2oc(COC(=O)Nc3ccn(C4OC(CO[P+](=O)O)CC4(F)F)c(=O)n3)cc2c1. The van der Waals surface area contributed by atoms with Crippen molar-refractivity contribution in [2.45, 2.75) is 45.1 Å². The first-order valence-corrected chi connectivity index (χ1v) is 11.5. The first-order chi connectivity index (χ1) is 16.5. The molecule has 1 aliphatic rings. The Labute approximate surface area is 197 Å². The third-order valence-corrected chi connectivity index (χ3v) is 5.58. The van der Waals surface area contributed by atoms with Crippen LogP contribution in [0, 0.1) is 13.8 Å². The number of rotatable bonds is 7. The zero-order chi connectivity index (χ0) is 25.3. The van der Waals surface area contributed by atoms with Crippen LogP contribution in [-0.4, -0.2) is 39.2 Å². The summed E-state index contributed by atoms with van der Waals surface area (Å²) in [4.78, 5) is 36.7. The molecule has 1 aromatic carbocycles. The van der Waals surface area contributed by atoms with Gasteiger partial charge in [-0.2, -0.15) is 4.98 Å². The van der Waals surface area contributed by atoms with Gasteiger partial charge in [0.05, 0.1) is 6.10 Å². The van der Waals surface area contributed by atoms with Gasteiger partial charge in [0.25, 0.3) is 5.92 Å². The minimum atomic E-state index is -3.46. The Kier molecular flexibility index (Phi) is 6.95. The van der Waals surface area contributed by atoms with Gasteiger partial charge in [0.1, 0.15) is 23.8 Å². The second-order valence-corrected chi connectivity index (χ2v) is 8.76. The molecule has 0 bridgehead atoms. The van der Waals surface area contributed by atoms with E-state index in [9.17, 15) is 22.9 Å². The van der Waals surface area contributed by atoms with Crippen molar-refractivity contribution in [3.63, 3.8) is 0 Å². The van der Waals surface area contributed by atoms with Crippen molar-refractivity contribution in [2.75, 3.05) is 11.9 Å². The van der Waals surface area contributed by atoms with Gasteiger partial charge in [-0.3, -0.25) is 9.88 Å². The second kappa shape index (κ2) is 9.78. The Bertz CT molecular complexity index is 1340. The molecule has 11 nitrogen and oxygen atoms in total. The molecule has 0 aliphatic carbocycles. The van der Waals surface area contributed by atoms with Gasteiger partial charge in [-0.25, -0.2) is 18.4 Å². The number of aromatic nitrogens is 2.